The van der Waals surface area contributed by atoms with Crippen LogP contribution in [0.4, 0.5) is 0 Å². The maximum absolute atomic E-state index is 12.9. The van der Waals surface area contributed by atoms with Crippen molar-refractivity contribution in [2.24, 2.45) is 0 Å². The molecule has 2 aromatic rings. The quantitative estimate of drug-likeness (QED) is 0.703. The van der Waals surface area contributed by atoms with Gasteiger partial charge in [0.05, 0.1) is 11.5 Å². The number of hydrogen-bond donors (Lipinski definition) is 1. The highest BCUT2D eigenvalue weighted by Gasteiger charge is 2.32. The van der Waals surface area contributed by atoms with Gasteiger partial charge < -0.3 is 9.47 Å². The number of sulfonamides is 1. The van der Waals surface area contributed by atoms with Gasteiger partial charge in [0.15, 0.2) is 0 Å². The molecule has 0 aromatic heterocycles. The van der Waals surface area contributed by atoms with Gasteiger partial charge in [-0.1, -0.05) is 37.3 Å². The van der Waals surface area contributed by atoms with Gasteiger partial charge in [-0.05, 0) is 56.0 Å². The number of benzene rings is 2. The van der Waals surface area contributed by atoms with Crippen molar-refractivity contribution in [2.45, 2.75) is 44.6 Å². The monoisotopic (exact) mass is 391 g/mol. The molecule has 5 nitrogen and oxygen atoms in total. The minimum absolute atomic E-state index is 0.150. The molecule has 0 saturated carbocycles. The standard InChI is InChI=1S/C21H29NO4S/c1-6-21(25-5,18-11-9-8-10-12-18)15-22-27(23,24)19-13-16(3)20(26-7-2)17(4)14-19/h8-14,22H,6-7,15H2,1-5H3. The summed E-state index contributed by atoms with van der Waals surface area (Å²) in [7, 11) is -2.08. The van der Waals surface area contributed by atoms with Gasteiger partial charge in [0, 0.05) is 13.7 Å². The molecule has 0 spiro atoms. The first-order valence-corrected chi connectivity index (χ1v) is 10.6. The summed E-state index contributed by atoms with van der Waals surface area (Å²) in [5, 5.41) is 0. The molecule has 0 bridgehead atoms. The van der Waals surface area contributed by atoms with Crippen molar-refractivity contribution in [2.75, 3.05) is 20.3 Å². The molecule has 0 amide bonds. The maximum atomic E-state index is 12.9. The van der Waals surface area contributed by atoms with E-state index < -0.39 is 15.6 Å². The van der Waals surface area contributed by atoms with Gasteiger partial charge in [-0.25, -0.2) is 13.1 Å². The Bertz CT molecular complexity index is 836. The van der Waals surface area contributed by atoms with E-state index in [2.05, 4.69) is 4.72 Å². The zero-order chi connectivity index (χ0) is 20.1. The first-order valence-electron chi connectivity index (χ1n) is 9.14. The third-order valence-corrected chi connectivity index (χ3v) is 6.22. The molecule has 1 atom stereocenters. The predicted molar refractivity (Wildman–Crippen MR) is 108 cm³/mol. The number of methoxy groups -OCH3 is 1. The Morgan fingerprint density at radius 3 is 2.11 bits per heavy atom. The second kappa shape index (κ2) is 8.87. The number of ether oxygens (including phenoxy) is 2. The Balaban J connectivity index is 2.30. The molecule has 0 aliphatic carbocycles. The molecule has 2 aromatic carbocycles. The van der Waals surface area contributed by atoms with Crippen LogP contribution < -0.4 is 9.46 Å². The van der Waals surface area contributed by atoms with Crippen molar-refractivity contribution in [1.29, 1.82) is 0 Å². The molecule has 0 fully saturated rings. The van der Waals surface area contributed by atoms with Crippen LogP contribution in [0, 0.1) is 13.8 Å². The van der Waals surface area contributed by atoms with Crippen LogP contribution in [0.1, 0.15) is 37.0 Å². The van der Waals surface area contributed by atoms with Gasteiger partial charge in [0.25, 0.3) is 0 Å². The summed E-state index contributed by atoms with van der Waals surface area (Å²) < 4.78 is 39.9. The largest absolute Gasteiger partial charge is 0.493 e. The first-order chi connectivity index (χ1) is 12.8. The zero-order valence-electron chi connectivity index (χ0n) is 16.7. The minimum Gasteiger partial charge on any atom is -0.493 e. The Morgan fingerprint density at radius 2 is 1.63 bits per heavy atom. The molecule has 0 radical (unpaired) electrons. The van der Waals surface area contributed by atoms with Crippen LogP contribution in [0.2, 0.25) is 0 Å². The number of aryl methyl sites for hydroxylation is 2. The summed E-state index contributed by atoms with van der Waals surface area (Å²) >= 11 is 0. The Morgan fingerprint density at radius 1 is 1.04 bits per heavy atom. The van der Waals surface area contributed by atoms with Gasteiger partial charge in [-0.2, -0.15) is 0 Å². The molecule has 0 heterocycles. The fourth-order valence-corrected chi connectivity index (χ4v) is 4.49. The smallest absolute Gasteiger partial charge is 0.240 e. The Labute approximate surface area is 162 Å². The predicted octanol–water partition coefficient (Wildman–Crippen LogP) is 3.93. The van der Waals surface area contributed by atoms with E-state index in [9.17, 15) is 8.42 Å². The first kappa shape index (κ1) is 21.4. The van der Waals surface area contributed by atoms with E-state index in [0.717, 1.165) is 22.4 Å². The zero-order valence-corrected chi connectivity index (χ0v) is 17.5. The van der Waals surface area contributed by atoms with E-state index in [1.54, 1.807) is 19.2 Å². The van der Waals surface area contributed by atoms with Gasteiger partial charge in [-0.3, -0.25) is 0 Å². The van der Waals surface area contributed by atoms with Crippen molar-refractivity contribution < 1.29 is 17.9 Å². The van der Waals surface area contributed by atoms with E-state index in [4.69, 9.17) is 9.47 Å². The summed E-state index contributed by atoms with van der Waals surface area (Å²) in [5.41, 5.74) is 1.82. The summed E-state index contributed by atoms with van der Waals surface area (Å²) in [6, 6.07) is 13.0. The highest BCUT2D eigenvalue weighted by atomic mass is 32.2. The van der Waals surface area contributed by atoms with Gasteiger partial charge in [-0.15, -0.1) is 0 Å². The van der Waals surface area contributed by atoms with Crippen LogP contribution in [0.15, 0.2) is 47.4 Å². The summed E-state index contributed by atoms with van der Waals surface area (Å²) in [6.07, 6.45) is 0.636. The van der Waals surface area contributed by atoms with Crippen LogP contribution in [-0.4, -0.2) is 28.7 Å². The van der Waals surface area contributed by atoms with Crippen molar-refractivity contribution >= 4 is 10.0 Å². The third kappa shape index (κ3) is 4.69. The highest BCUT2D eigenvalue weighted by Crippen LogP contribution is 2.30. The minimum atomic E-state index is -3.68. The van der Waals surface area contributed by atoms with Gasteiger partial charge in [0.2, 0.25) is 10.0 Å². The number of nitrogens with one attached hydrogen (secondary N) is 1. The molecule has 1 unspecified atom stereocenters. The van der Waals surface area contributed by atoms with Crippen molar-refractivity contribution in [3.05, 3.63) is 59.2 Å². The lowest BCUT2D eigenvalue weighted by Crippen LogP contribution is -2.41. The second-order valence-electron chi connectivity index (χ2n) is 6.56. The molecule has 148 valence electrons. The van der Waals surface area contributed by atoms with E-state index in [1.165, 1.54) is 0 Å². The molecular weight excluding hydrogens is 362 g/mol. The lowest BCUT2D eigenvalue weighted by Gasteiger charge is -2.32. The van der Waals surface area contributed by atoms with Crippen molar-refractivity contribution in [1.82, 2.24) is 4.72 Å². The molecule has 6 heteroatoms. The summed E-state index contributed by atoms with van der Waals surface area (Å²) in [5.74, 6) is 0.737. The fraction of sp³-hybridized carbons (Fsp3) is 0.429. The van der Waals surface area contributed by atoms with E-state index in [-0.39, 0.29) is 11.4 Å². The topological polar surface area (TPSA) is 64.6 Å². The lowest BCUT2D eigenvalue weighted by molar-refractivity contribution is -0.0133. The van der Waals surface area contributed by atoms with E-state index in [0.29, 0.717) is 13.0 Å². The van der Waals surface area contributed by atoms with E-state index in [1.807, 2.05) is 58.0 Å². The normalized spacial score (nSPS) is 14.0. The van der Waals surface area contributed by atoms with Crippen LogP contribution in [0.5, 0.6) is 5.75 Å². The average molecular weight is 392 g/mol. The highest BCUT2D eigenvalue weighted by molar-refractivity contribution is 7.89. The summed E-state index contributed by atoms with van der Waals surface area (Å²) in [6.45, 7) is 8.28. The fourth-order valence-electron chi connectivity index (χ4n) is 3.24. The van der Waals surface area contributed by atoms with Crippen LogP contribution in [0.3, 0.4) is 0 Å². The van der Waals surface area contributed by atoms with Gasteiger partial charge >= 0.3 is 0 Å². The second-order valence-corrected chi connectivity index (χ2v) is 8.33. The number of hydrogen-bond acceptors (Lipinski definition) is 4. The molecular formula is C21H29NO4S. The molecule has 0 aliphatic rings. The maximum Gasteiger partial charge on any atom is 0.240 e. The molecule has 2 rings (SSSR count). The third-order valence-electron chi connectivity index (χ3n) is 4.84. The molecule has 0 aliphatic heterocycles. The lowest BCUT2D eigenvalue weighted by atomic mass is 9.91. The summed E-state index contributed by atoms with van der Waals surface area (Å²) in [4.78, 5) is 0.232. The molecule has 0 saturated heterocycles. The van der Waals surface area contributed by atoms with E-state index >= 15 is 0 Å². The van der Waals surface area contributed by atoms with Crippen molar-refractivity contribution in [3.63, 3.8) is 0 Å². The van der Waals surface area contributed by atoms with Gasteiger partial charge in [0.1, 0.15) is 11.4 Å². The Hall–Kier alpha value is -1.89. The molecule has 1 N–H and O–H groups in total. The van der Waals surface area contributed by atoms with Crippen LogP contribution in [-0.2, 0) is 20.4 Å². The van der Waals surface area contributed by atoms with Crippen molar-refractivity contribution in [3.8, 4) is 5.75 Å². The van der Waals surface area contributed by atoms with Crippen LogP contribution in [0.25, 0.3) is 0 Å². The number of rotatable bonds is 9. The molecule has 27 heavy (non-hydrogen) atoms. The Kier molecular flexibility index (Phi) is 7.03. The van der Waals surface area contributed by atoms with Crippen LogP contribution >= 0.6 is 0 Å². The SMILES string of the molecule is CCOc1c(C)cc(S(=O)(=O)NCC(CC)(OC)c2ccccc2)cc1C. The average Bonchev–Trinajstić information content (AvgIpc) is 2.66.